The van der Waals surface area contributed by atoms with E-state index in [1.165, 1.54) is 4.90 Å². The maximum absolute atomic E-state index is 14.3. The summed E-state index contributed by atoms with van der Waals surface area (Å²) in [5.74, 6) is -7.27. The molecule has 4 aliphatic rings. The van der Waals surface area contributed by atoms with Crippen LogP contribution in [0.4, 0.5) is 0 Å². The number of aliphatic hydroxyl groups excluding tert-OH is 2. The second-order valence-electron chi connectivity index (χ2n) is 18.2. The molecule has 1 amide bonds. The highest BCUT2D eigenvalue weighted by molar-refractivity contribution is 6.39. The molecule has 12 heteroatoms. The number of allylic oxidation sites excluding steroid dienone is 3. The Bertz CT molecular complexity index is 1460. The molecular formula is C44H71NO11. The van der Waals surface area contributed by atoms with Crippen LogP contribution in [0.1, 0.15) is 126 Å². The molecule has 3 N–H and O–H groups in total. The molecule has 0 aromatic carbocycles. The van der Waals surface area contributed by atoms with Gasteiger partial charge in [-0.3, -0.25) is 14.4 Å². The Kier molecular flexibility index (Phi) is 16.1. The zero-order valence-electron chi connectivity index (χ0n) is 35.6. The zero-order valence-corrected chi connectivity index (χ0v) is 35.6. The number of aliphatic hydroxyl groups is 3. The number of esters is 1. The summed E-state index contributed by atoms with van der Waals surface area (Å²) < 4.78 is 24.0. The van der Waals surface area contributed by atoms with Crippen LogP contribution in [0.2, 0.25) is 0 Å². The van der Waals surface area contributed by atoms with Crippen molar-refractivity contribution in [2.75, 3.05) is 20.8 Å². The van der Waals surface area contributed by atoms with Crippen LogP contribution in [-0.2, 0) is 38.1 Å². The van der Waals surface area contributed by atoms with Gasteiger partial charge in [-0.1, -0.05) is 59.3 Å². The van der Waals surface area contributed by atoms with Crippen LogP contribution >= 0.6 is 0 Å². The number of cyclic esters (lactones) is 1. The Balaban J connectivity index is 1.77. The summed E-state index contributed by atoms with van der Waals surface area (Å²) in [6, 6.07) is -1.11. The molecule has 3 aliphatic heterocycles. The topological polar surface area (TPSA) is 169 Å². The molecule has 0 aromatic rings. The van der Waals surface area contributed by atoms with E-state index in [1.54, 1.807) is 28.1 Å². The summed E-state index contributed by atoms with van der Waals surface area (Å²) in [6.07, 6.45) is 5.01. The molecule has 1 unspecified atom stereocenters. The lowest BCUT2D eigenvalue weighted by Crippen LogP contribution is -2.63. The number of nitrogens with zero attached hydrogens (tertiary/aromatic N) is 1. The standard InChI is InChI=1S/C44H71NO11/c1-11-31-20-26(3)18-25(2)19-27(4)39-36(53-9)21-29(6)44(52,56-39)40(49)41(50)45-17-13-12-14-32(45)42(51)55-38(30(7)34(47)22-35(31)48)28(5)23-43(8)16-15-33(46)37(24-43)54-10/h20,23,25,27,29-34,36-39,46-47,52H,11-19,21-22,24H2,1-10H3/b26-20+,28-23+/t25-,27-,29+,30+,31+,32?,33+,34-,36-,37+,38+,39+,43+,44+/m0/s1. The molecule has 0 radical (unpaired) electrons. The van der Waals surface area contributed by atoms with Crippen LogP contribution < -0.4 is 0 Å². The first-order chi connectivity index (χ1) is 26.3. The average Bonchev–Trinajstić information content (AvgIpc) is 3.16. The lowest BCUT2D eigenvalue weighted by molar-refractivity contribution is -0.294. The van der Waals surface area contributed by atoms with Gasteiger partial charge in [0.05, 0.1) is 30.5 Å². The van der Waals surface area contributed by atoms with Crippen LogP contribution in [0.15, 0.2) is 23.3 Å². The number of rotatable bonds is 5. The minimum absolute atomic E-state index is 0.101. The van der Waals surface area contributed by atoms with Crippen LogP contribution in [0, 0.1) is 35.0 Å². The van der Waals surface area contributed by atoms with Gasteiger partial charge in [-0.15, -0.1) is 0 Å². The fourth-order valence-corrected chi connectivity index (χ4v) is 9.92. The molecule has 3 heterocycles. The second kappa shape index (κ2) is 19.5. The van der Waals surface area contributed by atoms with Crippen molar-refractivity contribution >= 4 is 23.4 Å². The number of carbonyl (C=O) groups is 4. The smallest absolute Gasteiger partial charge is 0.329 e. The Morgan fingerprint density at radius 3 is 2.30 bits per heavy atom. The van der Waals surface area contributed by atoms with Gasteiger partial charge >= 0.3 is 5.97 Å². The zero-order chi connectivity index (χ0) is 41.7. The molecule has 0 aromatic heterocycles. The first kappa shape index (κ1) is 46.2. The van der Waals surface area contributed by atoms with Crippen LogP contribution in [-0.4, -0.2) is 113 Å². The van der Waals surface area contributed by atoms with Gasteiger partial charge in [0.15, 0.2) is 0 Å². The van der Waals surface area contributed by atoms with E-state index in [-0.39, 0.29) is 49.5 Å². The van der Waals surface area contributed by atoms with E-state index in [0.29, 0.717) is 56.9 Å². The third-order valence-electron chi connectivity index (χ3n) is 13.3. The molecule has 12 nitrogen and oxygen atoms in total. The minimum atomic E-state index is -2.42. The number of hydrogen-bond donors (Lipinski definition) is 3. The number of ether oxygens (including phenoxy) is 4. The molecule has 4 rings (SSSR count). The number of piperidine rings is 1. The summed E-state index contributed by atoms with van der Waals surface area (Å²) in [6.45, 7) is 15.5. The van der Waals surface area contributed by atoms with Gasteiger partial charge < -0.3 is 39.2 Å². The van der Waals surface area contributed by atoms with Crippen molar-refractivity contribution in [3.63, 3.8) is 0 Å². The first-order valence-corrected chi connectivity index (χ1v) is 21.1. The van der Waals surface area contributed by atoms with Crippen molar-refractivity contribution < 1.29 is 53.4 Å². The van der Waals surface area contributed by atoms with Crippen molar-refractivity contribution in [2.45, 2.75) is 174 Å². The van der Waals surface area contributed by atoms with E-state index >= 15 is 0 Å². The van der Waals surface area contributed by atoms with Crippen LogP contribution in [0.5, 0.6) is 0 Å². The molecule has 1 aliphatic carbocycles. The molecular weight excluding hydrogens is 718 g/mol. The van der Waals surface area contributed by atoms with Gasteiger partial charge in [-0.05, 0) is 101 Å². The van der Waals surface area contributed by atoms with E-state index in [1.807, 2.05) is 39.8 Å². The van der Waals surface area contributed by atoms with Gasteiger partial charge in [0.25, 0.3) is 11.7 Å². The van der Waals surface area contributed by atoms with Crippen molar-refractivity contribution in [3.05, 3.63) is 23.3 Å². The average molecular weight is 790 g/mol. The lowest BCUT2D eigenvalue weighted by atomic mass is 9.71. The number of Topliss-reactive ketones (excluding diaryl/α,β-unsaturated/α-hetero) is 2. The number of ketones is 2. The lowest BCUT2D eigenvalue weighted by Gasteiger charge is -2.47. The number of fused-ring (bicyclic) bond motifs is 3. The Hall–Kier alpha value is -2.48. The molecule has 0 spiro atoms. The van der Waals surface area contributed by atoms with E-state index in [4.69, 9.17) is 18.9 Å². The Morgan fingerprint density at radius 1 is 0.982 bits per heavy atom. The van der Waals surface area contributed by atoms with E-state index in [9.17, 15) is 34.5 Å². The summed E-state index contributed by atoms with van der Waals surface area (Å²) >= 11 is 0. The van der Waals surface area contributed by atoms with Crippen molar-refractivity contribution in [2.24, 2.45) is 35.0 Å². The first-order valence-electron chi connectivity index (χ1n) is 21.1. The number of amides is 1. The molecule has 56 heavy (non-hydrogen) atoms. The quantitative estimate of drug-likeness (QED) is 0.183. The monoisotopic (exact) mass is 790 g/mol. The largest absolute Gasteiger partial charge is 0.456 e. The van der Waals surface area contributed by atoms with Crippen molar-refractivity contribution in [1.29, 1.82) is 0 Å². The van der Waals surface area contributed by atoms with E-state index in [0.717, 1.165) is 5.57 Å². The highest BCUT2D eigenvalue weighted by atomic mass is 16.7. The van der Waals surface area contributed by atoms with Gasteiger partial charge in [-0.2, -0.15) is 0 Å². The molecule has 14 atom stereocenters. The second-order valence-corrected chi connectivity index (χ2v) is 18.2. The Labute approximate surface area is 334 Å². The fraction of sp³-hybridized carbons (Fsp3) is 0.818. The van der Waals surface area contributed by atoms with Gasteiger partial charge in [0, 0.05) is 44.9 Å². The normalized spacial score (nSPS) is 42.9. The third kappa shape index (κ3) is 10.6. The SMILES string of the molecule is CC[C@@H]1/C=C(\C)C[C@H](C)C[C@H](C)[C@H]2O[C@@](O)(C(=O)C(=O)N3CCCCC3C(=O)O[C@H](/C(C)=C/[C@@]3(C)CC[C@@H](O)[C@H](OC)C3)[C@H](C)[C@@H](O)CC1=O)[C@H](C)C[C@@H]2OC. The predicted molar refractivity (Wildman–Crippen MR) is 211 cm³/mol. The van der Waals surface area contributed by atoms with E-state index < -0.39 is 83.2 Å². The fourth-order valence-electron chi connectivity index (χ4n) is 9.92. The van der Waals surface area contributed by atoms with Crippen LogP contribution in [0.3, 0.4) is 0 Å². The van der Waals surface area contributed by atoms with Crippen molar-refractivity contribution in [1.82, 2.24) is 4.90 Å². The van der Waals surface area contributed by atoms with Crippen molar-refractivity contribution in [3.8, 4) is 0 Å². The molecule has 1 saturated carbocycles. The minimum Gasteiger partial charge on any atom is -0.456 e. The predicted octanol–water partition coefficient (Wildman–Crippen LogP) is 5.48. The van der Waals surface area contributed by atoms with Gasteiger partial charge in [-0.25, -0.2) is 4.79 Å². The molecule has 3 fully saturated rings. The highest BCUT2D eigenvalue weighted by Gasteiger charge is 2.56. The Morgan fingerprint density at radius 2 is 1.66 bits per heavy atom. The molecule has 2 saturated heterocycles. The summed E-state index contributed by atoms with van der Waals surface area (Å²) in [5.41, 5.74) is 1.28. The highest BCUT2D eigenvalue weighted by Crippen LogP contribution is 2.42. The molecule has 2 bridgehead atoms. The van der Waals surface area contributed by atoms with E-state index in [2.05, 4.69) is 13.8 Å². The molecule has 318 valence electrons. The van der Waals surface area contributed by atoms with Crippen LogP contribution in [0.25, 0.3) is 0 Å². The number of carbonyl (C=O) groups excluding carboxylic acids is 4. The van der Waals surface area contributed by atoms with Gasteiger partial charge in [0.1, 0.15) is 17.9 Å². The van der Waals surface area contributed by atoms with Gasteiger partial charge in [0.2, 0.25) is 5.79 Å². The number of hydrogen-bond acceptors (Lipinski definition) is 11. The maximum Gasteiger partial charge on any atom is 0.329 e. The maximum atomic E-state index is 14.3. The number of methoxy groups -OCH3 is 2. The summed E-state index contributed by atoms with van der Waals surface area (Å²) in [4.78, 5) is 57.7. The summed E-state index contributed by atoms with van der Waals surface area (Å²) in [5, 5.41) is 34.2. The summed E-state index contributed by atoms with van der Waals surface area (Å²) in [7, 11) is 3.15. The third-order valence-corrected chi connectivity index (χ3v) is 13.3.